The van der Waals surface area contributed by atoms with E-state index in [2.05, 4.69) is 30.6 Å². The predicted octanol–water partition coefficient (Wildman–Crippen LogP) is 2.88. The third-order valence-electron chi connectivity index (χ3n) is 4.03. The van der Waals surface area contributed by atoms with Gasteiger partial charge in [-0.2, -0.15) is 0 Å². The van der Waals surface area contributed by atoms with Crippen LogP contribution in [-0.2, 0) is 6.42 Å². The average Bonchev–Trinajstić information content (AvgIpc) is 2.73. The molecule has 0 radical (unpaired) electrons. The van der Waals surface area contributed by atoms with Gasteiger partial charge in [-0.3, -0.25) is 4.79 Å². The molecule has 1 N–H and O–H groups in total. The highest BCUT2D eigenvalue weighted by molar-refractivity contribution is 7.98. The van der Waals surface area contributed by atoms with E-state index in [1.165, 1.54) is 11.1 Å². The number of rotatable bonds is 3. The van der Waals surface area contributed by atoms with Crippen molar-refractivity contribution in [3.05, 3.63) is 28.8 Å². The Hall–Kier alpha value is -0.710. The zero-order valence-electron chi connectivity index (χ0n) is 11.9. The molecular formula is C15H21ClN2OS. The minimum Gasteiger partial charge on any atom is -0.329 e. The number of halogens is 1. The van der Waals surface area contributed by atoms with Crippen LogP contribution in [0.3, 0.4) is 0 Å². The number of fused-ring (bicyclic) bond motifs is 3. The van der Waals surface area contributed by atoms with Gasteiger partial charge in [-0.05, 0) is 29.9 Å². The molecule has 3 nitrogen and oxygen atoms in total. The van der Waals surface area contributed by atoms with E-state index in [1.807, 2.05) is 4.90 Å². The van der Waals surface area contributed by atoms with Gasteiger partial charge in [-0.15, -0.1) is 24.2 Å². The van der Waals surface area contributed by atoms with Crippen molar-refractivity contribution in [3.8, 4) is 0 Å². The van der Waals surface area contributed by atoms with Crippen LogP contribution in [0, 0.1) is 0 Å². The summed E-state index contributed by atoms with van der Waals surface area (Å²) in [6.45, 7) is 4.83. The minimum absolute atomic E-state index is 0. The van der Waals surface area contributed by atoms with Gasteiger partial charge in [0.2, 0.25) is 0 Å². The summed E-state index contributed by atoms with van der Waals surface area (Å²) in [5.41, 5.74) is 3.57. The molecule has 0 spiro atoms. The molecule has 1 saturated heterocycles. The fourth-order valence-corrected chi connectivity index (χ4v) is 3.83. The molecule has 1 amide bonds. The second kappa shape index (κ2) is 6.37. The summed E-state index contributed by atoms with van der Waals surface area (Å²) in [4.78, 5) is 15.8. The van der Waals surface area contributed by atoms with Gasteiger partial charge in [0, 0.05) is 24.5 Å². The quantitative estimate of drug-likeness (QED) is 0.871. The molecule has 0 unspecified atom stereocenters. The van der Waals surface area contributed by atoms with E-state index >= 15 is 0 Å². The van der Waals surface area contributed by atoms with E-state index in [1.54, 1.807) is 11.8 Å². The number of aryl methyl sites for hydroxylation is 1. The van der Waals surface area contributed by atoms with Crippen molar-refractivity contribution in [2.24, 2.45) is 0 Å². The molecule has 3 rings (SSSR count). The van der Waals surface area contributed by atoms with Crippen molar-refractivity contribution in [1.29, 1.82) is 0 Å². The lowest BCUT2D eigenvalue weighted by Gasteiger charge is -2.30. The number of piperazine rings is 1. The number of thioether (sulfide) groups is 1. The molecule has 5 heteroatoms. The standard InChI is InChI=1S/C15H20N2OS.ClH/c1-3-4-10-7-11-12-9-16-5-6-17(12)15(18)14(11)13(8-10)19-2;/h7-8,12,16H,3-6,9H2,1-2H3;1H/t12-;/m0./s1. The maximum absolute atomic E-state index is 12.6. The number of carbonyl (C=O) groups is 1. The summed E-state index contributed by atoms with van der Waals surface area (Å²) in [5, 5.41) is 3.41. The van der Waals surface area contributed by atoms with Gasteiger partial charge in [-0.1, -0.05) is 19.4 Å². The molecule has 1 aromatic rings. The number of amides is 1. The SMILES string of the molecule is CCCc1cc(SC)c2c(c1)[C@@H]1CNCCN1C2=O.Cl. The molecule has 2 aliphatic heterocycles. The van der Waals surface area contributed by atoms with Crippen LogP contribution < -0.4 is 5.32 Å². The monoisotopic (exact) mass is 312 g/mol. The molecule has 2 heterocycles. The molecular weight excluding hydrogens is 292 g/mol. The Bertz CT molecular complexity index is 521. The maximum Gasteiger partial charge on any atom is 0.255 e. The molecule has 1 aromatic carbocycles. The van der Waals surface area contributed by atoms with Crippen LogP contribution in [0.15, 0.2) is 17.0 Å². The van der Waals surface area contributed by atoms with Crippen molar-refractivity contribution in [2.45, 2.75) is 30.7 Å². The van der Waals surface area contributed by atoms with Gasteiger partial charge in [0.15, 0.2) is 0 Å². The predicted molar refractivity (Wildman–Crippen MR) is 86.1 cm³/mol. The first kappa shape index (κ1) is 15.7. The summed E-state index contributed by atoms with van der Waals surface area (Å²) in [6.07, 6.45) is 4.30. The number of nitrogens with zero attached hydrogens (tertiary/aromatic N) is 1. The van der Waals surface area contributed by atoms with E-state index in [-0.39, 0.29) is 24.4 Å². The lowest BCUT2D eigenvalue weighted by atomic mass is 9.98. The molecule has 0 saturated carbocycles. The Morgan fingerprint density at radius 2 is 2.25 bits per heavy atom. The van der Waals surface area contributed by atoms with Crippen molar-refractivity contribution in [3.63, 3.8) is 0 Å². The highest BCUT2D eigenvalue weighted by Crippen LogP contribution is 2.39. The second-order valence-corrected chi connectivity index (χ2v) is 6.08. The Morgan fingerprint density at radius 3 is 2.95 bits per heavy atom. The zero-order chi connectivity index (χ0) is 13.4. The number of hydrogen-bond donors (Lipinski definition) is 1. The highest BCUT2D eigenvalue weighted by Gasteiger charge is 2.39. The van der Waals surface area contributed by atoms with Crippen molar-refractivity contribution >= 4 is 30.1 Å². The summed E-state index contributed by atoms with van der Waals surface area (Å²) in [7, 11) is 0. The van der Waals surface area contributed by atoms with Crippen LogP contribution in [0.25, 0.3) is 0 Å². The largest absolute Gasteiger partial charge is 0.329 e. The Balaban J connectivity index is 0.00000147. The van der Waals surface area contributed by atoms with E-state index in [0.29, 0.717) is 0 Å². The topological polar surface area (TPSA) is 32.3 Å². The molecule has 1 atom stereocenters. The van der Waals surface area contributed by atoms with E-state index in [0.717, 1.165) is 42.9 Å². The second-order valence-electron chi connectivity index (χ2n) is 5.23. The van der Waals surface area contributed by atoms with Crippen LogP contribution in [0.4, 0.5) is 0 Å². The van der Waals surface area contributed by atoms with Crippen LogP contribution in [0.5, 0.6) is 0 Å². The van der Waals surface area contributed by atoms with E-state index in [9.17, 15) is 4.79 Å². The van der Waals surface area contributed by atoms with Gasteiger partial charge in [0.05, 0.1) is 11.6 Å². The van der Waals surface area contributed by atoms with E-state index < -0.39 is 0 Å². The van der Waals surface area contributed by atoms with E-state index in [4.69, 9.17) is 0 Å². The summed E-state index contributed by atoms with van der Waals surface area (Å²) < 4.78 is 0. The third-order valence-corrected chi connectivity index (χ3v) is 4.79. The van der Waals surface area contributed by atoms with Gasteiger partial charge < -0.3 is 10.2 Å². The van der Waals surface area contributed by atoms with Crippen LogP contribution in [-0.4, -0.2) is 36.7 Å². The van der Waals surface area contributed by atoms with Gasteiger partial charge in [0.1, 0.15) is 0 Å². The summed E-state index contributed by atoms with van der Waals surface area (Å²) in [5.74, 6) is 0.230. The first-order chi connectivity index (χ1) is 9.26. The highest BCUT2D eigenvalue weighted by atomic mass is 35.5. The zero-order valence-corrected chi connectivity index (χ0v) is 13.6. The van der Waals surface area contributed by atoms with Crippen LogP contribution >= 0.6 is 24.2 Å². The third kappa shape index (κ3) is 2.45. The first-order valence-electron chi connectivity index (χ1n) is 6.98. The summed E-state index contributed by atoms with van der Waals surface area (Å²) >= 11 is 1.70. The number of hydrogen-bond acceptors (Lipinski definition) is 3. The maximum atomic E-state index is 12.6. The Kier molecular flexibility index (Phi) is 4.99. The first-order valence-corrected chi connectivity index (χ1v) is 8.21. The molecule has 1 fully saturated rings. The van der Waals surface area contributed by atoms with Crippen molar-refractivity contribution < 1.29 is 4.79 Å². The number of benzene rings is 1. The average molecular weight is 313 g/mol. The minimum atomic E-state index is 0. The van der Waals surface area contributed by atoms with Crippen LogP contribution in [0.1, 0.15) is 40.9 Å². The lowest BCUT2D eigenvalue weighted by molar-refractivity contribution is 0.0688. The molecule has 20 heavy (non-hydrogen) atoms. The lowest BCUT2D eigenvalue weighted by Crippen LogP contribution is -2.44. The number of nitrogens with one attached hydrogen (secondary N) is 1. The molecule has 2 aliphatic rings. The number of carbonyl (C=O) groups excluding carboxylic acids is 1. The normalized spacial score (nSPS) is 20.4. The molecule has 0 aliphatic carbocycles. The fraction of sp³-hybridized carbons (Fsp3) is 0.533. The van der Waals surface area contributed by atoms with Crippen LogP contribution in [0.2, 0.25) is 0 Å². The smallest absolute Gasteiger partial charge is 0.255 e. The molecule has 110 valence electrons. The fourth-order valence-electron chi connectivity index (χ4n) is 3.15. The Labute approximate surface area is 130 Å². The molecule has 0 aromatic heterocycles. The summed E-state index contributed by atoms with van der Waals surface area (Å²) in [6, 6.07) is 4.71. The van der Waals surface area contributed by atoms with Crippen molar-refractivity contribution in [1.82, 2.24) is 10.2 Å². The van der Waals surface area contributed by atoms with Gasteiger partial charge in [0.25, 0.3) is 5.91 Å². The Morgan fingerprint density at radius 1 is 1.45 bits per heavy atom. The molecule has 0 bridgehead atoms. The van der Waals surface area contributed by atoms with Gasteiger partial charge >= 0.3 is 0 Å². The van der Waals surface area contributed by atoms with Gasteiger partial charge in [-0.25, -0.2) is 0 Å². The van der Waals surface area contributed by atoms with Crippen molar-refractivity contribution in [2.75, 3.05) is 25.9 Å².